The van der Waals surface area contributed by atoms with Crippen molar-refractivity contribution < 1.29 is 19.4 Å². The van der Waals surface area contributed by atoms with E-state index in [2.05, 4.69) is 5.32 Å². The van der Waals surface area contributed by atoms with Gasteiger partial charge in [-0.2, -0.15) is 0 Å². The summed E-state index contributed by atoms with van der Waals surface area (Å²) in [4.78, 5) is 24.9. The molecule has 1 unspecified atom stereocenters. The molecule has 0 aliphatic rings. The van der Waals surface area contributed by atoms with E-state index in [0.717, 1.165) is 0 Å². The van der Waals surface area contributed by atoms with Gasteiger partial charge in [0.15, 0.2) is 11.5 Å². The molecule has 6 nitrogen and oxygen atoms in total. The monoisotopic (exact) mass is 266 g/mol. The molecule has 19 heavy (non-hydrogen) atoms. The summed E-state index contributed by atoms with van der Waals surface area (Å²) in [6.45, 7) is 1.60. The first-order valence-corrected chi connectivity index (χ1v) is 5.75. The van der Waals surface area contributed by atoms with Crippen molar-refractivity contribution in [2.45, 2.75) is 13.0 Å². The van der Waals surface area contributed by atoms with Gasteiger partial charge in [-0.15, -0.1) is 0 Å². The highest BCUT2D eigenvalue weighted by molar-refractivity contribution is 5.97. The zero-order valence-electron chi connectivity index (χ0n) is 11.4. The minimum absolute atomic E-state index is 0.123. The third-order valence-corrected chi connectivity index (χ3v) is 2.60. The average molecular weight is 266 g/mol. The second kappa shape index (κ2) is 6.08. The quantitative estimate of drug-likeness (QED) is 0.836. The number of nitrogens with zero attached hydrogens (tertiary/aromatic N) is 1. The molecule has 0 saturated heterocycles. The maximum absolute atomic E-state index is 11.9. The van der Waals surface area contributed by atoms with Gasteiger partial charge in [0.05, 0.1) is 7.11 Å². The lowest BCUT2D eigenvalue weighted by Gasteiger charge is -2.18. The average Bonchev–Trinajstić information content (AvgIpc) is 2.37. The molecule has 1 aromatic rings. The van der Waals surface area contributed by atoms with E-state index in [1.165, 1.54) is 30.2 Å². The van der Waals surface area contributed by atoms with Crippen LogP contribution >= 0.6 is 0 Å². The van der Waals surface area contributed by atoms with E-state index < -0.39 is 11.9 Å². The molecule has 0 aromatic heterocycles. The second-order valence-electron chi connectivity index (χ2n) is 4.31. The maximum Gasteiger partial charge on any atom is 0.252 e. The van der Waals surface area contributed by atoms with E-state index in [4.69, 9.17) is 4.74 Å². The molecule has 2 N–H and O–H groups in total. The van der Waals surface area contributed by atoms with Gasteiger partial charge in [-0.1, -0.05) is 0 Å². The fraction of sp³-hybridized carbons (Fsp3) is 0.385. The lowest BCUT2D eigenvalue weighted by atomic mass is 10.1. The standard InChI is InChI=1S/C13H18N2O4/c1-8(13(18)15(2)3)14-12(17)9-5-6-11(19-4)10(16)7-9/h5-8,16H,1-4H3,(H,14,17). The van der Waals surface area contributed by atoms with Crippen LogP contribution in [0.5, 0.6) is 11.5 Å². The molecule has 1 aromatic carbocycles. The number of carbonyl (C=O) groups is 2. The molecule has 0 spiro atoms. The summed E-state index contributed by atoms with van der Waals surface area (Å²) in [5.41, 5.74) is 0.261. The molecular weight excluding hydrogens is 248 g/mol. The van der Waals surface area contributed by atoms with Gasteiger partial charge in [-0.25, -0.2) is 0 Å². The number of nitrogens with one attached hydrogen (secondary N) is 1. The van der Waals surface area contributed by atoms with Gasteiger partial charge < -0.3 is 20.1 Å². The van der Waals surface area contributed by atoms with E-state index in [1.54, 1.807) is 21.0 Å². The van der Waals surface area contributed by atoms with Gasteiger partial charge in [0.1, 0.15) is 6.04 Å². The largest absolute Gasteiger partial charge is 0.504 e. The second-order valence-corrected chi connectivity index (χ2v) is 4.31. The molecule has 1 rings (SSSR count). The minimum atomic E-state index is -0.633. The molecule has 0 heterocycles. The highest BCUT2D eigenvalue weighted by atomic mass is 16.5. The Morgan fingerprint density at radius 3 is 2.47 bits per heavy atom. The Kier molecular flexibility index (Phi) is 4.74. The number of phenolic OH excluding ortho intramolecular Hbond substituents is 1. The summed E-state index contributed by atoms with van der Waals surface area (Å²) in [7, 11) is 4.65. The van der Waals surface area contributed by atoms with Crippen LogP contribution in [0, 0.1) is 0 Å². The molecule has 6 heteroatoms. The van der Waals surface area contributed by atoms with Crippen LogP contribution in [0.4, 0.5) is 0 Å². The van der Waals surface area contributed by atoms with Crippen LogP contribution < -0.4 is 10.1 Å². The van der Waals surface area contributed by atoms with Crippen LogP contribution in [-0.4, -0.2) is 49.1 Å². The SMILES string of the molecule is COc1ccc(C(=O)NC(C)C(=O)N(C)C)cc1O. The molecule has 0 bridgehead atoms. The lowest BCUT2D eigenvalue weighted by molar-refractivity contribution is -0.130. The van der Waals surface area contributed by atoms with Crippen molar-refractivity contribution in [3.8, 4) is 11.5 Å². The van der Waals surface area contributed by atoms with Crippen LogP contribution in [0.15, 0.2) is 18.2 Å². The molecule has 104 valence electrons. The van der Waals surface area contributed by atoms with Gasteiger partial charge in [0.2, 0.25) is 5.91 Å². The minimum Gasteiger partial charge on any atom is -0.504 e. The van der Waals surface area contributed by atoms with Gasteiger partial charge in [-0.05, 0) is 25.1 Å². The fourth-order valence-corrected chi connectivity index (χ4v) is 1.56. The van der Waals surface area contributed by atoms with Crippen molar-refractivity contribution in [1.29, 1.82) is 0 Å². The van der Waals surface area contributed by atoms with Crippen molar-refractivity contribution in [1.82, 2.24) is 10.2 Å². The number of benzene rings is 1. The summed E-state index contributed by atoms with van der Waals surface area (Å²) in [6.07, 6.45) is 0. The summed E-state index contributed by atoms with van der Waals surface area (Å²) in [5.74, 6) is -0.470. The Bertz CT molecular complexity index is 486. The van der Waals surface area contributed by atoms with E-state index in [0.29, 0.717) is 0 Å². The summed E-state index contributed by atoms with van der Waals surface area (Å²) in [6, 6.07) is 3.66. The fourth-order valence-electron chi connectivity index (χ4n) is 1.56. The highest BCUT2D eigenvalue weighted by Crippen LogP contribution is 2.26. The normalized spacial score (nSPS) is 11.6. The molecule has 2 amide bonds. The van der Waals surface area contributed by atoms with Crippen LogP contribution in [0.3, 0.4) is 0 Å². The summed E-state index contributed by atoms with van der Waals surface area (Å²) >= 11 is 0. The van der Waals surface area contributed by atoms with Gasteiger partial charge in [0.25, 0.3) is 5.91 Å². The van der Waals surface area contributed by atoms with Crippen molar-refractivity contribution >= 4 is 11.8 Å². The molecule has 1 atom stereocenters. The zero-order chi connectivity index (χ0) is 14.6. The first kappa shape index (κ1) is 14.8. The number of aromatic hydroxyl groups is 1. The number of methoxy groups -OCH3 is 1. The molecule has 0 aliphatic carbocycles. The van der Waals surface area contributed by atoms with Crippen molar-refractivity contribution in [2.24, 2.45) is 0 Å². The maximum atomic E-state index is 11.9. The molecule has 0 fully saturated rings. The number of hydrogen-bond donors (Lipinski definition) is 2. The molecular formula is C13H18N2O4. The Hall–Kier alpha value is -2.24. The number of likely N-dealkylation sites (N-methyl/N-ethyl adjacent to an activating group) is 1. The number of amides is 2. The third-order valence-electron chi connectivity index (χ3n) is 2.60. The van der Waals surface area contributed by atoms with Crippen molar-refractivity contribution in [3.05, 3.63) is 23.8 Å². The topological polar surface area (TPSA) is 78.9 Å². The Labute approximate surface area is 112 Å². The van der Waals surface area contributed by atoms with E-state index in [1.807, 2.05) is 0 Å². The first-order chi connectivity index (χ1) is 8.86. The zero-order valence-corrected chi connectivity index (χ0v) is 11.4. The smallest absolute Gasteiger partial charge is 0.252 e. The summed E-state index contributed by atoms with van der Waals surface area (Å²) in [5, 5.41) is 12.2. The number of ether oxygens (including phenoxy) is 1. The Morgan fingerprint density at radius 2 is 2.00 bits per heavy atom. The molecule has 0 saturated carbocycles. The first-order valence-electron chi connectivity index (χ1n) is 5.75. The van der Waals surface area contributed by atoms with E-state index in [9.17, 15) is 14.7 Å². The molecule has 0 aliphatic heterocycles. The number of phenols is 1. The van der Waals surface area contributed by atoms with Crippen LogP contribution in [0.25, 0.3) is 0 Å². The third kappa shape index (κ3) is 3.61. The van der Waals surface area contributed by atoms with Crippen LogP contribution in [0.1, 0.15) is 17.3 Å². The lowest BCUT2D eigenvalue weighted by Crippen LogP contribution is -2.44. The van der Waals surface area contributed by atoms with E-state index in [-0.39, 0.29) is 23.0 Å². The van der Waals surface area contributed by atoms with E-state index >= 15 is 0 Å². The predicted octanol–water partition coefficient (Wildman–Crippen LogP) is 0.607. The number of rotatable bonds is 4. The Morgan fingerprint density at radius 1 is 1.37 bits per heavy atom. The highest BCUT2D eigenvalue weighted by Gasteiger charge is 2.18. The van der Waals surface area contributed by atoms with Crippen molar-refractivity contribution in [2.75, 3.05) is 21.2 Å². The van der Waals surface area contributed by atoms with Gasteiger partial charge in [-0.3, -0.25) is 9.59 Å². The van der Waals surface area contributed by atoms with Gasteiger partial charge in [0, 0.05) is 19.7 Å². The van der Waals surface area contributed by atoms with Gasteiger partial charge >= 0.3 is 0 Å². The Balaban J connectivity index is 2.79. The van der Waals surface area contributed by atoms with Crippen molar-refractivity contribution in [3.63, 3.8) is 0 Å². The van der Waals surface area contributed by atoms with Crippen LogP contribution in [0.2, 0.25) is 0 Å². The number of carbonyl (C=O) groups excluding carboxylic acids is 2. The van der Waals surface area contributed by atoms with Crippen LogP contribution in [-0.2, 0) is 4.79 Å². The number of hydrogen-bond acceptors (Lipinski definition) is 4. The molecule has 0 radical (unpaired) electrons. The summed E-state index contributed by atoms with van der Waals surface area (Å²) < 4.78 is 4.89. The predicted molar refractivity (Wildman–Crippen MR) is 70.3 cm³/mol.